The van der Waals surface area contributed by atoms with E-state index in [0.717, 1.165) is 15.6 Å². The maximum atomic E-state index is 6.39. The SMILES string of the molecule is CNC(c1cc(Cl)ccc1Cl)C1(c2ccccc2)CC1. The van der Waals surface area contributed by atoms with E-state index >= 15 is 0 Å². The summed E-state index contributed by atoms with van der Waals surface area (Å²) in [5.41, 5.74) is 2.60. The zero-order valence-electron chi connectivity index (χ0n) is 11.4. The van der Waals surface area contributed by atoms with Gasteiger partial charge in [-0.2, -0.15) is 0 Å². The Labute approximate surface area is 129 Å². The van der Waals surface area contributed by atoms with E-state index in [0.29, 0.717) is 0 Å². The number of halogens is 2. The van der Waals surface area contributed by atoms with E-state index in [4.69, 9.17) is 23.2 Å². The van der Waals surface area contributed by atoms with E-state index in [1.807, 2.05) is 25.2 Å². The molecule has 0 bridgehead atoms. The van der Waals surface area contributed by atoms with Crippen molar-refractivity contribution in [3.05, 3.63) is 69.7 Å². The predicted molar refractivity (Wildman–Crippen MR) is 85.6 cm³/mol. The van der Waals surface area contributed by atoms with Crippen LogP contribution in [0.3, 0.4) is 0 Å². The van der Waals surface area contributed by atoms with Crippen molar-refractivity contribution in [3.8, 4) is 0 Å². The fourth-order valence-corrected chi connectivity index (χ4v) is 3.52. The average molecular weight is 306 g/mol. The minimum absolute atomic E-state index is 0.143. The van der Waals surface area contributed by atoms with Gasteiger partial charge >= 0.3 is 0 Å². The number of hydrogen-bond acceptors (Lipinski definition) is 1. The van der Waals surface area contributed by atoms with Gasteiger partial charge in [0.2, 0.25) is 0 Å². The van der Waals surface area contributed by atoms with Gasteiger partial charge in [0.15, 0.2) is 0 Å². The third-order valence-electron chi connectivity index (χ3n) is 4.25. The maximum Gasteiger partial charge on any atom is 0.0455 e. The van der Waals surface area contributed by atoms with Crippen molar-refractivity contribution in [2.75, 3.05) is 7.05 Å². The molecule has 3 rings (SSSR count). The Hall–Kier alpha value is -1.02. The van der Waals surface area contributed by atoms with Gasteiger partial charge in [-0.3, -0.25) is 0 Å². The average Bonchev–Trinajstić information content (AvgIpc) is 3.26. The summed E-state index contributed by atoms with van der Waals surface area (Å²) in [4.78, 5) is 0. The Morgan fingerprint density at radius 2 is 1.75 bits per heavy atom. The van der Waals surface area contributed by atoms with Gasteiger partial charge in [-0.1, -0.05) is 53.5 Å². The molecule has 1 saturated carbocycles. The summed E-state index contributed by atoms with van der Waals surface area (Å²) in [6.45, 7) is 0. The Morgan fingerprint density at radius 1 is 1.05 bits per heavy atom. The van der Waals surface area contributed by atoms with Crippen LogP contribution in [0.2, 0.25) is 10.0 Å². The second kappa shape index (κ2) is 5.40. The molecule has 1 unspecified atom stereocenters. The van der Waals surface area contributed by atoms with E-state index < -0.39 is 0 Å². The molecule has 0 radical (unpaired) electrons. The third kappa shape index (κ3) is 2.35. The molecule has 1 fully saturated rings. The van der Waals surface area contributed by atoms with E-state index in [9.17, 15) is 0 Å². The molecule has 0 amide bonds. The highest BCUT2D eigenvalue weighted by atomic mass is 35.5. The molecular formula is C17H17Cl2N. The molecule has 0 aromatic heterocycles. The first-order valence-electron chi connectivity index (χ1n) is 6.85. The smallest absolute Gasteiger partial charge is 0.0455 e. The molecule has 2 aromatic carbocycles. The van der Waals surface area contributed by atoms with E-state index in [1.54, 1.807) is 0 Å². The molecule has 0 spiro atoms. The van der Waals surface area contributed by atoms with Crippen molar-refractivity contribution in [1.29, 1.82) is 0 Å². The molecule has 1 aliphatic carbocycles. The zero-order chi connectivity index (χ0) is 14.2. The van der Waals surface area contributed by atoms with Gasteiger partial charge in [0.1, 0.15) is 0 Å². The van der Waals surface area contributed by atoms with Gasteiger partial charge < -0.3 is 5.32 Å². The molecule has 2 aromatic rings. The highest BCUT2D eigenvalue weighted by Gasteiger charge is 2.51. The summed E-state index contributed by atoms with van der Waals surface area (Å²) in [5.74, 6) is 0. The van der Waals surface area contributed by atoms with Crippen LogP contribution in [-0.4, -0.2) is 7.05 Å². The molecule has 20 heavy (non-hydrogen) atoms. The van der Waals surface area contributed by atoms with Crippen LogP contribution in [0.25, 0.3) is 0 Å². The van der Waals surface area contributed by atoms with Crippen LogP contribution >= 0.6 is 23.2 Å². The lowest BCUT2D eigenvalue weighted by Gasteiger charge is -2.28. The van der Waals surface area contributed by atoms with Gasteiger partial charge in [-0.15, -0.1) is 0 Å². The largest absolute Gasteiger partial charge is 0.312 e. The molecule has 0 heterocycles. The molecule has 0 aliphatic heterocycles. The molecule has 0 saturated heterocycles. The lowest BCUT2D eigenvalue weighted by atomic mass is 9.84. The minimum Gasteiger partial charge on any atom is -0.312 e. The Morgan fingerprint density at radius 3 is 2.35 bits per heavy atom. The topological polar surface area (TPSA) is 12.0 Å². The molecule has 1 nitrogen and oxygen atoms in total. The van der Waals surface area contributed by atoms with E-state index in [-0.39, 0.29) is 11.5 Å². The van der Waals surface area contributed by atoms with Crippen molar-refractivity contribution in [2.24, 2.45) is 0 Å². The Bertz CT molecular complexity index is 606. The molecule has 104 valence electrons. The van der Waals surface area contributed by atoms with Gasteiger partial charge in [0.05, 0.1) is 0 Å². The molecule has 1 atom stereocenters. The van der Waals surface area contributed by atoms with Crippen LogP contribution in [0.1, 0.15) is 30.0 Å². The maximum absolute atomic E-state index is 6.39. The first-order valence-corrected chi connectivity index (χ1v) is 7.61. The fraction of sp³-hybridized carbons (Fsp3) is 0.294. The van der Waals surface area contributed by atoms with Gasteiger partial charge in [0.25, 0.3) is 0 Å². The molecular weight excluding hydrogens is 289 g/mol. The number of benzene rings is 2. The number of likely N-dealkylation sites (N-methyl/N-ethyl adjacent to an activating group) is 1. The standard InChI is InChI=1S/C17H17Cl2N/c1-20-16(14-11-13(18)7-8-15(14)19)17(9-10-17)12-5-3-2-4-6-12/h2-8,11,16,20H,9-10H2,1H3. The van der Waals surface area contributed by atoms with Crippen molar-refractivity contribution >= 4 is 23.2 Å². The highest BCUT2D eigenvalue weighted by Crippen LogP contribution is 2.57. The predicted octanol–water partition coefficient (Wildman–Crippen LogP) is 4.99. The second-order valence-electron chi connectivity index (χ2n) is 5.41. The first kappa shape index (κ1) is 13.9. The van der Waals surface area contributed by atoms with Crippen LogP contribution < -0.4 is 5.32 Å². The van der Waals surface area contributed by atoms with Crippen molar-refractivity contribution in [1.82, 2.24) is 5.32 Å². The van der Waals surface area contributed by atoms with Gasteiger partial charge in [-0.05, 0) is 49.2 Å². The minimum atomic E-state index is 0.143. The third-order valence-corrected chi connectivity index (χ3v) is 4.83. The summed E-state index contributed by atoms with van der Waals surface area (Å²) in [5, 5.41) is 4.95. The van der Waals surface area contributed by atoms with Crippen molar-refractivity contribution in [2.45, 2.75) is 24.3 Å². The molecule has 3 heteroatoms. The Kier molecular flexibility index (Phi) is 3.76. The Balaban J connectivity index is 2.04. The van der Waals surface area contributed by atoms with Crippen LogP contribution in [0.15, 0.2) is 48.5 Å². The van der Waals surface area contributed by atoms with Crippen LogP contribution in [0.4, 0.5) is 0 Å². The normalized spacial score (nSPS) is 17.8. The summed E-state index contributed by atoms with van der Waals surface area (Å²) in [7, 11) is 1.99. The molecule has 1 N–H and O–H groups in total. The lowest BCUT2D eigenvalue weighted by molar-refractivity contribution is 0.463. The number of nitrogens with one attached hydrogen (secondary N) is 1. The number of rotatable bonds is 4. The van der Waals surface area contributed by atoms with E-state index in [2.05, 4.69) is 35.6 Å². The lowest BCUT2D eigenvalue weighted by Crippen LogP contribution is -2.29. The van der Waals surface area contributed by atoms with Crippen LogP contribution in [0, 0.1) is 0 Å². The summed E-state index contributed by atoms with van der Waals surface area (Å²) >= 11 is 12.5. The van der Waals surface area contributed by atoms with Crippen LogP contribution in [-0.2, 0) is 5.41 Å². The van der Waals surface area contributed by atoms with E-state index in [1.165, 1.54) is 18.4 Å². The molecule has 1 aliphatic rings. The summed E-state index contributed by atoms with van der Waals surface area (Å²) < 4.78 is 0. The fourth-order valence-electron chi connectivity index (χ4n) is 3.11. The summed E-state index contributed by atoms with van der Waals surface area (Å²) in [6, 6.07) is 16.5. The van der Waals surface area contributed by atoms with Gasteiger partial charge in [-0.25, -0.2) is 0 Å². The van der Waals surface area contributed by atoms with Crippen molar-refractivity contribution in [3.63, 3.8) is 0 Å². The van der Waals surface area contributed by atoms with Crippen LogP contribution in [0.5, 0.6) is 0 Å². The summed E-state index contributed by atoms with van der Waals surface area (Å²) in [6.07, 6.45) is 2.34. The van der Waals surface area contributed by atoms with Gasteiger partial charge in [0, 0.05) is 21.5 Å². The number of hydrogen-bond donors (Lipinski definition) is 1. The first-order chi connectivity index (χ1) is 9.67. The monoisotopic (exact) mass is 305 g/mol. The quantitative estimate of drug-likeness (QED) is 0.839. The highest BCUT2D eigenvalue weighted by molar-refractivity contribution is 6.33. The zero-order valence-corrected chi connectivity index (χ0v) is 12.9. The second-order valence-corrected chi connectivity index (χ2v) is 6.25. The van der Waals surface area contributed by atoms with Crippen molar-refractivity contribution < 1.29 is 0 Å².